The molecule has 0 saturated carbocycles. The van der Waals surface area contributed by atoms with Crippen LogP contribution in [0.3, 0.4) is 0 Å². The van der Waals surface area contributed by atoms with Crippen LogP contribution in [0.5, 0.6) is 0 Å². The van der Waals surface area contributed by atoms with Gasteiger partial charge in [-0.05, 0) is 51.5 Å². The highest BCUT2D eigenvalue weighted by molar-refractivity contribution is 5.94. The van der Waals surface area contributed by atoms with Crippen molar-refractivity contribution in [1.82, 2.24) is 4.90 Å². The number of esters is 1. The molecule has 2 heterocycles. The van der Waals surface area contributed by atoms with Crippen LogP contribution in [0.15, 0.2) is 24.3 Å². The molecule has 2 aliphatic rings. The molecule has 1 N–H and O–H groups in total. The van der Waals surface area contributed by atoms with Gasteiger partial charge >= 0.3 is 12.1 Å². The van der Waals surface area contributed by atoms with Gasteiger partial charge in [-0.2, -0.15) is 0 Å². The Balaban J connectivity index is 1.45. The molecule has 0 aliphatic carbocycles. The van der Waals surface area contributed by atoms with Crippen molar-refractivity contribution in [3.05, 3.63) is 29.8 Å². The molecular formula is C22H30N2O6. The number of amides is 2. The summed E-state index contributed by atoms with van der Waals surface area (Å²) in [6.07, 6.45) is 1.29. The number of piperidine rings is 1. The zero-order chi connectivity index (χ0) is 21.7. The highest BCUT2D eigenvalue weighted by Gasteiger charge is 2.29. The van der Waals surface area contributed by atoms with Crippen LogP contribution in [-0.2, 0) is 19.0 Å². The molecule has 2 saturated heterocycles. The summed E-state index contributed by atoms with van der Waals surface area (Å²) in [7, 11) is 0. The molecule has 3 rings (SSSR count). The van der Waals surface area contributed by atoms with Crippen molar-refractivity contribution >= 4 is 23.7 Å². The van der Waals surface area contributed by atoms with E-state index < -0.39 is 11.6 Å². The third kappa shape index (κ3) is 6.19. The Kier molecular flexibility index (Phi) is 6.97. The van der Waals surface area contributed by atoms with E-state index in [0.717, 1.165) is 6.42 Å². The van der Waals surface area contributed by atoms with Crippen LogP contribution in [0.2, 0.25) is 0 Å². The number of likely N-dealkylation sites (tertiary alicyclic amines) is 1. The molecule has 164 valence electrons. The monoisotopic (exact) mass is 418 g/mol. The van der Waals surface area contributed by atoms with Gasteiger partial charge in [-0.25, -0.2) is 9.59 Å². The van der Waals surface area contributed by atoms with E-state index in [1.807, 2.05) is 20.8 Å². The molecular weight excluding hydrogens is 388 g/mol. The number of hydrogen-bond donors (Lipinski definition) is 1. The van der Waals surface area contributed by atoms with Crippen molar-refractivity contribution in [2.75, 3.05) is 31.6 Å². The molecule has 30 heavy (non-hydrogen) atoms. The minimum absolute atomic E-state index is 0.0698. The summed E-state index contributed by atoms with van der Waals surface area (Å²) in [5.74, 6) is -0.603. The Hall–Kier alpha value is -2.61. The molecule has 1 aromatic carbocycles. The lowest BCUT2D eigenvalue weighted by atomic mass is 10.1. The first-order valence-corrected chi connectivity index (χ1v) is 10.4. The Morgan fingerprint density at radius 3 is 2.30 bits per heavy atom. The van der Waals surface area contributed by atoms with Crippen molar-refractivity contribution in [2.45, 2.75) is 51.7 Å². The fourth-order valence-electron chi connectivity index (χ4n) is 3.38. The molecule has 8 heteroatoms. The van der Waals surface area contributed by atoms with Crippen molar-refractivity contribution in [3.8, 4) is 0 Å². The second kappa shape index (κ2) is 9.47. The predicted octanol–water partition coefficient (Wildman–Crippen LogP) is 3.22. The molecule has 0 aromatic heterocycles. The molecule has 0 bridgehead atoms. The quantitative estimate of drug-likeness (QED) is 0.755. The molecule has 1 atom stereocenters. The predicted molar refractivity (Wildman–Crippen MR) is 110 cm³/mol. The number of nitrogens with one attached hydrogen (secondary N) is 1. The van der Waals surface area contributed by atoms with E-state index in [0.29, 0.717) is 50.4 Å². The molecule has 2 aliphatic heterocycles. The van der Waals surface area contributed by atoms with E-state index in [9.17, 15) is 14.4 Å². The van der Waals surface area contributed by atoms with Crippen LogP contribution in [-0.4, -0.2) is 60.9 Å². The maximum Gasteiger partial charge on any atom is 0.410 e. The van der Waals surface area contributed by atoms with Gasteiger partial charge < -0.3 is 24.4 Å². The molecule has 0 spiro atoms. The molecule has 1 aromatic rings. The number of benzene rings is 1. The van der Waals surface area contributed by atoms with Crippen LogP contribution in [0, 0.1) is 5.92 Å². The Labute approximate surface area is 176 Å². The number of rotatable bonds is 4. The third-order valence-electron chi connectivity index (χ3n) is 5.06. The van der Waals surface area contributed by atoms with Crippen molar-refractivity contribution in [1.29, 1.82) is 0 Å². The molecule has 2 amide bonds. The Bertz CT molecular complexity index is 757. The zero-order valence-corrected chi connectivity index (χ0v) is 17.8. The highest BCUT2D eigenvalue weighted by atomic mass is 16.6. The second-order valence-electron chi connectivity index (χ2n) is 8.70. The number of nitrogens with zero attached hydrogens (tertiary/aromatic N) is 1. The SMILES string of the molecule is CC(C)(C)OC(=O)N1CCC(OC(=O)c2ccc(NC(=O)C3CCOC3)cc2)CC1. The van der Waals surface area contributed by atoms with E-state index in [2.05, 4.69) is 5.32 Å². The molecule has 1 unspecified atom stereocenters. The van der Waals surface area contributed by atoms with Crippen LogP contribution in [0.4, 0.5) is 10.5 Å². The summed E-state index contributed by atoms with van der Waals surface area (Å²) in [5.41, 5.74) is 0.526. The van der Waals surface area contributed by atoms with Crippen molar-refractivity contribution < 1.29 is 28.6 Å². The van der Waals surface area contributed by atoms with Crippen LogP contribution < -0.4 is 5.32 Å². The van der Waals surface area contributed by atoms with Gasteiger partial charge in [0.2, 0.25) is 5.91 Å². The van der Waals surface area contributed by atoms with Crippen molar-refractivity contribution in [2.24, 2.45) is 5.92 Å². The molecule has 8 nitrogen and oxygen atoms in total. The smallest absolute Gasteiger partial charge is 0.410 e. The van der Waals surface area contributed by atoms with E-state index in [4.69, 9.17) is 14.2 Å². The van der Waals surface area contributed by atoms with Gasteiger partial charge in [-0.1, -0.05) is 0 Å². The number of ether oxygens (including phenoxy) is 3. The first-order valence-electron chi connectivity index (χ1n) is 10.4. The summed E-state index contributed by atoms with van der Waals surface area (Å²) in [4.78, 5) is 38.3. The van der Waals surface area contributed by atoms with Crippen LogP contribution in [0.1, 0.15) is 50.4 Å². The fraction of sp³-hybridized carbons (Fsp3) is 0.591. The van der Waals surface area contributed by atoms with Gasteiger partial charge in [-0.3, -0.25) is 4.79 Å². The minimum Gasteiger partial charge on any atom is -0.459 e. The summed E-state index contributed by atoms with van der Waals surface area (Å²) < 4.78 is 16.2. The summed E-state index contributed by atoms with van der Waals surface area (Å²) in [5, 5.41) is 2.84. The highest BCUT2D eigenvalue weighted by Crippen LogP contribution is 2.20. The van der Waals surface area contributed by atoms with E-state index in [-0.39, 0.29) is 24.0 Å². The van der Waals surface area contributed by atoms with E-state index >= 15 is 0 Å². The van der Waals surface area contributed by atoms with E-state index in [1.54, 1.807) is 29.2 Å². The first kappa shape index (κ1) is 22.1. The second-order valence-corrected chi connectivity index (χ2v) is 8.70. The van der Waals surface area contributed by atoms with Crippen LogP contribution >= 0.6 is 0 Å². The number of carbonyl (C=O) groups is 3. The average molecular weight is 418 g/mol. The minimum atomic E-state index is -0.531. The standard InChI is InChI=1S/C22H30N2O6/c1-22(2,3)30-21(27)24-11-8-18(9-12-24)29-20(26)15-4-6-17(7-5-15)23-19(25)16-10-13-28-14-16/h4-7,16,18H,8-14H2,1-3H3,(H,23,25). The maximum atomic E-state index is 12.4. The molecule has 0 radical (unpaired) electrons. The van der Waals surface area contributed by atoms with Gasteiger partial charge in [0.1, 0.15) is 11.7 Å². The van der Waals surface area contributed by atoms with Gasteiger partial charge in [0.15, 0.2) is 0 Å². The number of anilines is 1. The lowest BCUT2D eigenvalue weighted by Gasteiger charge is -2.33. The summed E-state index contributed by atoms with van der Waals surface area (Å²) >= 11 is 0. The normalized spacial score (nSPS) is 20.0. The van der Waals surface area contributed by atoms with Gasteiger partial charge in [-0.15, -0.1) is 0 Å². The summed E-state index contributed by atoms with van der Waals surface area (Å²) in [6.45, 7) is 7.53. The van der Waals surface area contributed by atoms with E-state index in [1.165, 1.54) is 0 Å². The van der Waals surface area contributed by atoms with Crippen molar-refractivity contribution in [3.63, 3.8) is 0 Å². The maximum absolute atomic E-state index is 12.4. The Morgan fingerprint density at radius 1 is 1.07 bits per heavy atom. The first-order chi connectivity index (χ1) is 14.2. The fourth-order valence-corrected chi connectivity index (χ4v) is 3.38. The topological polar surface area (TPSA) is 94.2 Å². The lowest BCUT2D eigenvalue weighted by molar-refractivity contribution is -0.119. The van der Waals surface area contributed by atoms with Gasteiger partial charge in [0.05, 0.1) is 18.1 Å². The third-order valence-corrected chi connectivity index (χ3v) is 5.06. The van der Waals surface area contributed by atoms with Gasteiger partial charge in [0, 0.05) is 38.2 Å². The average Bonchev–Trinajstić information content (AvgIpc) is 3.23. The lowest BCUT2D eigenvalue weighted by Crippen LogP contribution is -2.43. The van der Waals surface area contributed by atoms with Gasteiger partial charge in [0.25, 0.3) is 0 Å². The zero-order valence-electron chi connectivity index (χ0n) is 17.8. The Morgan fingerprint density at radius 2 is 1.73 bits per heavy atom. The summed E-state index contributed by atoms with van der Waals surface area (Å²) in [6, 6.07) is 6.66. The largest absolute Gasteiger partial charge is 0.459 e. The molecule has 2 fully saturated rings. The number of carbonyl (C=O) groups excluding carboxylic acids is 3. The number of hydrogen-bond acceptors (Lipinski definition) is 6. The van der Waals surface area contributed by atoms with Crippen LogP contribution in [0.25, 0.3) is 0 Å².